The van der Waals surface area contributed by atoms with Gasteiger partial charge in [0.25, 0.3) is 5.95 Å². The van der Waals surface area contributed by atoms with E-state index in [4.69, 9.17) is 5.84 Å². The predicted octanol–water partition coefficient (Wildman–Crippen LogP) is 1.83. The number of nitrogens with zero attached hydrogens (tertiary/aromatic N) is 5. The number of hydrogen-bond donors (Lipinski definition) is 2. The number of aromatic nitrogens is 5. The summed E-state index contributed by atoms with van der Waals surface area (Å²) < 4.78 is 2.96. The van der Waals surface area contributed by atoms with Gasteiger partial charge in [-0.2, -0.15) is 5.10 Å². The number of carbonyl (C=O) groups is 1. The molecule has 0 aliphatic heterocycles. The summed E-state index contributed by atoms with van der Waals surface area (Å²) in [6.45, 7) is 5.80. The molecule has 0 radical (unpaired) electrons. The van der Waals surface area contributed by atoms with Crippen molar-refractivity contribution in [3.63, 3.8) is 0 Å². The van der Waals surface area contributed by atoms with Gasteiger partial charge in [0.15, 0.2) is 0 Å². The van der Waals surface area contributed by atoms with Gasteiger partial charge in [0.05, 0.1) is 11.4 Å². The highest BCUT2D eigenvalue weighted by atomic mass is 32.2. The number of rotatable bonds is 5. The van der Waals surface area contributed by atoms with Gasteiger partial charge in [-0.25, -0.2) is 9.36 Å². The number of nitrogens with two attached hydrogens (primary N) is 1. The van der Waals surface area contributed by atoms with Crippen molar-refractivity contribution in [3.8, 4) is 5.95 Å². The fourth-order valence-electron chi connectivity index (χ4n) is 2.31. The lowest BCUT2D eigenvalue weighted by Gasteiger charge is -2.06. The minimum atomic E-state index is -0.135. The highest BCUT2D eigenvalue weighted by Gasteiger charge is 2.16. The van der Waals surface area contributed by atoms with Gasteiger partial charge in [0, 0.05) is 11.4 Å². The first-order valence-corrected chi connectivity index (χ1v) is 8.66. The van der Waals surface area contributed by atoms with E-state index in [2.05, 4.69) is 20.6 Å². The van der Waals surface area contributed by atoms with Crippen molar-refractivity contribution in [2.24, 2.45) is 0 Å². The number of nitrogen functional groups attached to an aromatic ring is 1. The molecule has 0 aliphatic rings. The van der Waals surface area contributed by atoms with Crippen molar-refractivity contribution in [3.05, 3.63) is 47.3 Å². The summed E-state index contributed by atoms with van der Waals surface area (Å²) in [6.07, 6.45) is 0. The van der Waals surface area contributed by atoms with E-state index < -0.39 is 0 Å². The fraction of sp³-hybridized carbons (Fsp3) is 0.250. The molecule has 0 saturated heterocycles. The third kappa shape index (κ3) is 3.82. The smallest absolute Gasteiger partial charge is 0.271 e. The van der Waals surface area contributed by atoms with Crippen LogP contribution in [-0.4, -0.2) is 36.3 Å². The predicted molar refractivity (Wildman–Crippen MR) is 97.3 cm³/mol. The average Bonchev–Trinajstić information content (AvgIpc) is 3.09. The Morgan fingerprint density at radius 2 is 1.92 bits per heavy atom. The van der Waals surface area contributed by atoms with Gasteiger partial charge < -0.3 is 11.2 Å². The fourth-order valence-corrected chi connectivity index (χ4v) is 2.96. The summed E-state index contributed by atoms with van der Waals surface area (Å²) in [5.74, 6) is 6.50. The van der Waals surface area contributed by atoms with Gasteiger partial charge in [-0.3, -0.25) is 4.79 Å². The Balaban J connectivity index is 1.65. The lowest BCUT2D eigenvalue weighted by Crippen LogP contribution is -2.18. The molecule has 1 aromatic carbocycles. The summed E-state index contributed by atoms with van der Waals surface area (Å²) in [7, 11) is 0. The molecular formula is C16H19N7OS. The highest BCUT2D eigenvalue weighted by molar-refractivity contribution is 7.99. The second-order valence-corrected chi connectivity index (χ2v) is 6.64. The molecule has 2 aromatic heterocycles. The number of benzene rings is 1. The summed E-state index contributed by atoms with van der Waals surface area (Å²) in [6, 6.07) is 9.55. The van der Waals surface area contributed by atoms with Crippen molar-refractivity contribution in [1.29, 1.82) is 0 Å². The molecule has 8 nitrogen and oxygen atoms in total. The maximum absolute atomic E-state index is 12.1. The van der Waals surface area contributed by atoms with Gasteiger partial charge in [-0.1, -0.05) is 29.5 Å². The van der Waals surface area contributed by atoms with Crippen LogP contribution in [0, 0.1) is 20.8 Å². The number of anilines is 1. The minimum absolute atomic E-state index is 0.135. The van der Waals surface area contributed by atoms with Crippen molar-refractivity contribution in [2.75, 3.05) is 16.9 Å². The molecule has 3 aromatic rings. The first kappa shape index (κ1) is 17.0. The van der Waals surface area contributed by atoms with Crippen molar-refractivity contribution < 1.29 is 4.79 Å². The molecule has 0 saturated carbocycles. The highest BCUT2D eigenvalue weighted by Crippen LogP contribution is 2.18. The second kappa shape index (κ2) is 6.98. The minimum Gasteiger partial charge on any atom is -0.334 e. The van der Waals surface area contributed by atoms with Gasteiger partial charge in [-0.05, 0) is 39.0 Å². The molecule has 3 N–H and O–H groups in total. The lowest BCUT2D eigenvalue weighted by atomic mass is 10.2. The van der Waals surface area contributed by atoms with E-state index in [1.54, 1.807) is 4.68 Å². The Labute approximate surface area is 149 Å². The topological polar surface area (TPSA) is 104 Å². The maximum atomic E-state index is 12.1. The third-order valence-corrected chi connectivity index (χ3v) is 4.46. The van der Waals surface area contributed by atoms with Crippen molar-refractivity contribution in [2.45, 2.75) is 25.9 Å². The summed E-state index contributed by atoms with van der Waals surface area (Å²) in [5, 5.41) is 15.7. The number of nitrogens with one attached hydrogen (secondary N) is 1. The van der Waals surface area contributed by atoms with Crippen LogP contribution < -0.4 is 11.2 Å². The van der Waals surface area contributed by atoms with Crippen LogP contribution in [0.5, 0.6) is 0 Å². The zero-order chi connectivity index (χ0) is 18.0. The molecule has 0 unspecified atom stereocenters. The SMILES string of the molecule is Cc1ccc(NC(=O)CSc2nnc(-n3nc(C)cc3C)n2N)cc1. The van der Waals surface area contributed by atoms with E-state index in [9.17, 15) is 4.79 Å². The zero-order valence-electron chi connectivity index (χ0n) is 14.2. The van der Waals surface area contributed by atoms with Crippen LogP contribution in [0.2, 0.25) is 0 Å². The normalized spacial score (nSPS) is 10.8. The Bertz CT molecular complexity index is 898. The van der Waals surface area contributed by atoms with E-state index in [0.29, 0.717) is 11.1 Å². The molecule has 1 amide bonds. The van der Waals surface area contributed by atoms with E-state index in [0.717, 1.165) is 22.6 Å². The first-order valence-electron chi connectivity index (χ1n) is 7.67. The van der Waals surface area contributed by atoms with Gasteiger partial charge in [0.1, 0.15) is 0 Å². The van der Waals surface area contributed by atoms with E-state index in [-0.39, 0.29) is 11.7 Å². The lowest BCUT2D eigenvalue weighted by molar-refractivity contribution is -0.113. The average molecular weight is 357 g/mol. The van der Waals surface area contributed by atoms with Crippen molar-refractivity contribution >= 4 is 23.4 Å². The molecular weight excluding hydrogens is 338 g/mol. The Morgan fingerprint density at radius 3 is 2.56 bits per heavy atom. The molecule has 130 valence electrons. The summed E-state index contributed by atoms with van der Waals surface area (Å²) in [5.41, 5.74) is 3.67. The number of carbonyl (C=O) groups excluding carboxylic acids is 1. The summed E-state index contributed by atoms with van der Waals surface area (Å²) >= 11 is 1.22. The summed E-state index contributed by atoms with van der Waals surface area (Å²) in [4.78, 5) is 12.1. The zero-order valence-corrected chi connectivity index (χ0v) is 15.0. The standard InChI is InChI=1S/C16H19N7OS/c1-10-4-6-13(7-5-10)18-14(24)9-25-16-20-19-15(22(16)17)23-12(3)8-11(2)21-23/h4-8H,9,17H2,1-3H3,(H,18,24). The van der Waals surface area contributed by atoms with Crippen LogP contribution in [-0.2, 0) is 4.79 Å². The van der Waals surface area contributed by atoms with E-state index in [1.807, 2.05) is 51.1 Å². The Kier molecular flexibility index (Phi) is 4.75. The van der Waals surface area contributed by atoms with Crippen LogP contribution in [0.4, 0.5) is 5.69 Å². The van der Waals surface area contributed by atoms with E-state index in [1.165, 1.54) is 16.4 Å². The number of aryl methyl sites for hydroxylation is 3. The Morgan fingerprint density at radius 1 is 1.20 bits per heavy atom. The Hall–Kier alpha value is -2.81. The van der Waals surface area contributed by atoms with Crippen LogP contribution in [0.3, 0.4) is 0 Å². The first-order chi connectivity index (χ1) is 11.9. The molecule has 0 aliphatic carbocycles. The van der Waals surface area contributed by atoms with Crippen LogP contribution >= 0.6 is 11.8 Å². The number of hydrogen-bond acceptors (Lipinski definition) is 6. The number of thioether (sulfide) groups is 1. The van der Waals surface area contributed by atoms with Crippen molar-refractivity contribution in [1.82, 2.24) is 24.7 Å². The quantitative estimate of drug-likeness (QED) is 0.533. The molecule has 3 rings (SSSR count). The van der Waals surface area contributed by atoms with Gasteiger partial charge in [0.2, 0.25) is 11.1 Å². The number of amides is 1. The third-order valence-electron chi connectivity index (χ3n) is 3.51. The van der Waals surface area contributed by atoms with Crippen LogP contribution in [0.25, 0.3) is 5.95 Å². The molecule has 0 fully saturated rings. The molecule has 0 atom stereocenters. The molecule has 0 bridgehead atoms. The molecule has 0 spiro atoms. The monoisotopic (exact) mass is 357 g/mol. The van der Waals surface area contributed by atoms with Gasteiger partial charge >= 0.3 is 0 Å². The maximum Gasteiger partial charge on any atom is 0.271 e. The second-order valence-electron chi connectivity index (χ2n) is 5.69. The van der Waals surface area contributed by atoms with E-state index >= 15 is 0 Å². The molecule has 25 heavy (non-hydrogen) atoms. The van der Waals surface area contributed by atoms with Crippen LogP contribution in [0.1, 0.15) is 17.0 Å². The largest absolute Gasteiger partial charge is 0.334 e. The van der Waals surface area contributed by atoms with Crippen LogP contribution in [0.15, 0.2) is 35.5 Å². The molecule has 2 heterocycles. The molecule has 9 heteroatoms. The van der Waals surface area contributed by atoms with Gasteiger partial charge in [-0.15, -0.1) is 10.2 Å².